The molecule has 2 nitrogen and oxygen atoms in total. The standard InChI is InChI=1S/C53H37NOS/c1-52(2)43-18-8-4-13-35(43)38-27-24-33(30-46(38)52)54(34-25-28-41-40-16-7-11-22-49(40)56-50(41)31-34)47-21-12-17-42-39-26-23-32(29-48(39)55-51(42)47)53(3)44-19-9-5-14-36(44)37-15-6-10-20-45(37)53/h4-31H,1-3H3. The van der Waals surface area contributed by atoms with Crippen LogP contribution >= 0.6 is 11.3 Å². The van der Waals surface area contributed by atoms with Crippen molar-refractivity contribution in [1.29, 1.82) is 0 Å². The fraction of sp³-hybridized carbons (Fsp3) is 0.0943. The highest BCUT2D eigenvalue weighted by atomic mass is 32.1. The van der Waals surface area contributed by atoms with Gasteiger partial charge in [0.2, 0.25) is 0 Å². The first-order chi connectivity index (χ1) is 27.4. The van der Waals surface area contributed by atoms with Crippen LogP contribution in [0.4, 0.5) is 17.1 Å². The number of nitrogens with zero attached hydrogens (tertiary/aromatic N) is 1. The molecule has 2 aromatic heterocycles. The third-order valence-electron chi connectivity index (χ3n) is 13.0. The second-order valence-corrected chi connectivity index (χ2v) is 17.3. The minimum absolute atomic E-state index is 0.127. The summed E-state index contributed by atoms with van der Waals surface area (Å²) in [5.41, 5.74) is 16.5. The monoisotopic (exact) mass is 735 g/mol. The smallest absolute Gasteiger partial charge is 0.159 e. The lowest BCUT2D eigenvalue weighted by Gasteiger charge is -2.28. The first-order valence-corrected chi connectivity index (χ1v) is 20.3. The molecule has 0 bridgehead atoms. The third-order valence-corrected chi connectivity index (χ3v) is 14.1. The number of rotatable bonds is 4. The van der Waals surface area contributed by atoms with Gasteiger partial charge in [0.1, 0.15) is 5.58 Å². The Morgan fingerprint density at radius 3 is 1.82 bits per heavy atom. The summed E-state index contributed by atoms with van der Waals surface area (Å²) in [4.78, 5) is 2.42. The third kappa shape index (κ3) is 4.21. The molecule has 8 aromatic carbocycles. The highest BCUT2D eigenvalue weighted by molar-refractivity contribution is 7.25. The maximum absolute atomic E-state index is 7.11. The second kappa shape index (κ2) is 11.3. The second-order valence-electron chi connectivity index (χ2n) is 16.2. The summed E-state index contributed by atoms with van der Waals surface area (Å²) in [6.45, 7) is 7.08. The van der Waals surface area contributed by atoms with Gasteiger partial charge < -0.3 is 9.32 Å². The molecule has 2 aliphatic rings. The van der Waals surface area contributed by atoms with Crippen LogP contribution in [0.25, 0.3) is 64.4 Å². The molecule has 0 saturated heterocycles. The summed E-state index contributed by atoms with van der Waals surface area (Å²) in [5, 5.41) is 4.83. The van der Waals surface area contributed by atoms with Crippen LogP contribution in [0.5, 0.6) is 0 Å². The first kappa shape index (κ1) is 31.9. The van der Waals surface area contributed by atoms with Crippen molar-refractivity contribution in [2.75, 3.05) is 4.90 Å². The van der Waals surface area contributed by atoms with E-state index in [2.05, 4.69) is 196 Å². The Kier molecular flexibility index (Phi) is 6.44. The summed E-state index contributed by atoms with van der Waals surface area (Å²) >= 11 is 1.86. The zero-order valence-electron chi connectivity index (χ0n) is 31.4. The van der Waals surface area contributed by atoms with Crippen LogP contribution in [0.2, 0.25) is 0 Å². The minimum Gasteiger partial charge on any atom is -0.454 e. The molecule has 0 radical (unpaired) electrons. The molecule has 3 heteroatoms. The molecule has 0 N–H and O–H groups in total. The van der Waals surface area contributed by atoms with Crippen molar-refractivity contribution in [3.63, 3.8) is 0 Å². The number of benzene rings is 8. The molecule has 0 amide bonds. The van der Waals surface area contributed by atoms with Crippen molar-refractivity contribution >= 4 is 70.5 Å². The summed E-state index contributed by atoms with van der Waals surface area (Å²) < 4.78 is 9.69. The predicted octanol–water partition coefficient (Wildman–Crippen LogP) is 15.1. The van der Waals surface area contributed by atoms with E-state index in [9.17, 15) is 0 Å². The average Bonchev–Trinajstić information content (AvgIpc) is 3.94. The van der Waals surface area contributed by atoms with Crippen LogP contribution in [-0.4, -0.2) is 0 Å². The Balaban J connectivity index is 1.07. The van der Waals surface area contributed by atoms with Crippen LogP contribution in [0.1, 0.15) is 48.6 Å². The number of para-hydroxylation sites is 1. The van der Waals surface area contributed by atoms with Gasteiger partial charge in [-0.3, -0.25) is 0 Å². The number of anilines is 3. The number of fused-ring (bicyclic) bond motifs is 12. The lowest BCUT2D eigenvalue weighted by Crippen LogP contribution is -2.22. The van der Waals surface area contributed by atoms with E-state index in [0.717, 1.165) is 39.0 Å². The van der Waals surface area contributed by atoms with Crippen LogP contribution in [0, 0.1) is 0 Å². The van der Waals surface area contributed by atoms with Gasteiger partial charge in [-0.15, -0.1) is 11.3 Å². The van der Waals surface area contributed by atoms with Gasteiger partial charge in [0.05, 0.1) is 5.69 Å². The normalized spacial score (nSPS) is 14.6. The number of hydrogen-bond acceptors (Lipinski definition) is 3. The largest absolute Gasteiger partial charge is 0.454 e. The lowest BCUT2D eigenvalue weighted by molar-refractivity contribution is 0.660. The summed E-state index contributed by atoms with van der Waals surface area (Å²) in [6.07, 6.45) is 0. The fourth-order valence-corrected chi connectivity index (χ4v) is 11.3. The Morgan fingerprint density at radius 1 is 0.446 bits per heavy atom. The first-order valence-electron chi connectivity index (χ1n) is 19.5. The topological polar surface area (TPSA) is 16.4 Å². The molecule has 0 saturated carbocycles. The summed E-state index contributed by atoms with van der Waals surface area (Å²) in [5.74, 6) is 0. The van der Waals surface area contributed by atoms with Crippen LogP contribution in [0.3, 0.4) is 0 Å². The van der Waals surface area contributed by atoms with Gasteiger partial charge >= 0.3 is 0 Å². The Labute approximate surface area is 329 Å². The van der Waals surface area contributed by atoms with Gasteiger partial charge in [-0.2, -0.15) is 0 Å². The van der Waals surface area contributed by atoms with E-state index in [1.54, 1.807) is 0 Å². The molecule has 0 aliphatic heterocycles. The molecular formula is C53H37NOS. The molecule has 0 unspecified atom stereocenters. The molecule has 10 aromatic rings. The van der Waals surface area contributed by atoms with E-state index in [1.165, 1.54) is 70.2 Å². The Hall–Kier alpha value is -6.42. The van der Waals surface area contributed by atoms with Gasteiger partial charge in [-0.05, 0) is 99.5 Å². The van der Waals surface area contributed by atoms with Crippen molar-refractivity contribution in [1.82, 2.24) is 0 Å². The minimum atomic E-state index is -0.302. The number of thiophene rings is 1. The van der Waals surface area contributed by atoms with Crippen molar-refractivity contribution < 1.29 is 4.42 Å². The fourth-order valence-electron chi connectivity index (χ4n) is 10.1. The highest BCUT2D eigenvalue weighted by Gasteiger charge is 2.41. The van der Waals surface area contributed by atoms with E-state index >= 15 is 0 Å². The summed E-state index contributed by atoms with van der Waals surface area (Å²) in [6, 6.07) is 62.8. The molecule has 2 aliphatic carbocycles. The molecule has 2 heterocycles. The van der Waals surface area contributed by atoms with Crippen LogP contribution < -0.4 is 4.90 Å². The lowest BCUT2D eigenvalue weighted by atomic mass is 9.74. The molecule has 0 spiro atoms. The Bertz CT molecular complexity index is 3220. The molecule has 12 rings (SSSR count). The van der Waals surface area contributed by atoms with Crippen molar-refractivity contribution in [2.24, 2.45) is 0 Å². The average molecular weight is 736 g/mol. The SMILES string of the molecule is CC1(C)c2ccccc2-c2ccc(N(c3ccc4c(c3)sc3ccccc34)c3cccc4c3oc3cc(C5(C)c6ccccc6-c6ccccc65)ccc34)cc21. The van der Waals surface area contributed by atoms with E-state index in [-0.39, 0.29) is 10.8 Å². The van der Waals surface area contributed by atoms with E-state index < -0.39 is 0 Å². The molecule has 0 fully saturated rings. The van der Waals surface area contributed by atoms with Gasteiger partial charge in [-0.1, -0.05) is 141 Å². The zero-order valence-corrected chi connectivity index (χ0v) is 32.2. The quantitative estimate of drug-likeness (QED) is 0.179. The van der Waals surface area contributed by atoms with Gasteiger partial charge in [0.15, 0.2) is 5.58 Å². The summed E-state index contributed by atoms with van der Waals surface area (Å²) in [7, 11) is 0. The van der Waals surface area contributed by atoms with E-state index in [4.69, 9.17) is 4.42 Å². The molecule has 266 valence electrons. The van der Waals surface area contributed by atoms with Gasteiger partial charge in [0.25, 0.3) is 0 Å². The Morgan fingerprint density at radius 2 is 1.04 bits per heavy atom. The molecule has 56 heavy (non-hydrogen) atoms. The molecular weight excluding hydrogens is 699 g/mol. The van der Waals surface area contributed by atoms with E-state index in [1.807, 2.05) is 11.3 Å². The number of furan rings is 1. The number of hydrogen-bond donors (Lipinski definition) is 0. The van der Waals surface area contributed by atoms with Crippen molar-refractivity contribution in [3.8, 4) is 22.3 Å². The van der Waals surface area contributed by atoms with Crippen molar-refractivity contribution in [2.45, 2.75) is 31.6 Å². The van der Waals surface area contributed by atoms with Crippen LogP contribution in [0.15, 0.2) is 174 Å². The van der Waals surface area contributed by atoms with Crippen molar-refractivity contribution in [3.05, 3.63) is 198 Å². The van der Waals surface area contributed by atoms with E-state index in [0.29, 0.717) is 0 Å². The van der Waals surface area contributed by atoms with Gasteiger partial charge in [-0.25, -0.2) is 0 Å². The van der Waals surface area contributed by atoms with Crippen LogP contribution in [-0.2, 0) is 10.8 Å². The zero-order chi connectivity index (χ0) is 37.3. The molecule has 0 atom stereocenters. The van der Waals surface area contributed by atoms with Gasteiger partial charge in [0, 0.05) is 53.1 Å². The highest BCUT2D eigenvalue weighted by Crippen LogP contribution is 2.54. The predicted molar refractivity (Wildman–Crippen MR) is 236 cm³/mol. The maximum Gasteiger partial charge on any atom is 0.159 e. The maximum atomic E-state index is 7.11.